The fourth-order valence-corrected chi connectivity index (χ4v) is 2.35. The number of carbonyl (C=O) groups is 1. The van der Waals surface area contributed by atoms with Gasteiger partial charge in [0.2, 0.25) is 0 Å². The number of hydrogen-bond donors (Lipinski definition) is 2. The molecule has 0 spiro atoms. The third kappa shape index (κ3) is 6.12. The van der Waals surface area contributed by atoms with E-state index < -0.39 is 5.54 Å². The minimum atomic E-state index is -0.631. The number of amides is 2. The van der Waals surface area contributed by atoms with Crippen LogP contribution in [0, 0.1) is 11.8 Å². The number of piperazine rings is 1. The average Bonchev–Trinajstić information content (AvgIpc) is 2.49. The van der Waals surface area contributed by atoms with E-state index in [4.69, 9.17) is 23.2 Å². The van der Waals surface area contributed by atoms with E-state index >= 15 is 0 Å². The topological polar surface area (TPSA) is 44.4 Å². The largest absolute Gasteiger partial charge is 0.322 e. The van der Waals surface area contributed by atoms with Gasteiger partial charge in [0.25, 0.3) is 0 Å². The highest BCUT2D eigenvalue weighted by molar-refractivity contribution is 6.42. The van der Waals surface area contributed by atoms with Crippen LogP contribution in [0.5, 0.6) is 0 Å². The van der Waals surface area contributed by atoms with Gasteiger partial charge in [0.1, 0.15) is 0 Å². The molecule has 2 amide bonds. The van der Waals surface area contributed by atoms with Crippen molar-refractivity contribution in [3.63, 3.8) is 0 Å². The van der Waals surface area contributed by atoms with Gasteiger partial charge < -0.3 is 15.5 Å². The lowest BCUT2D eigenvalue weighted by Crippen LogP contribution is -2.54. The summed E-state index contributed by atoms with van der Waals surface area (Å²) in [5.41, 5.74) is 0.132. The molecule has 2 rings (SSSR count). The maximum absolute atomic E-state index is 12.2. The first kappa shape index (κ1) is 19.9. The normalized spacial score (nSPS) is 14.3. The molecule has 0 unspecified atom stereocenters. The fraction of sp³-hybridized carbons (Fsp3) is 0.438. The van der Waals surface area contributed by atoms with Gasteiger partial charge >= 0.3 is 6.03 Å². The van der Waals surface area contributed by atoms with E-state index in [-0.39, 0.29) is 18.4 Å². The van der Waals surface area contributed by atoms with Crippen molar-refractivity contribution in [3.8, 4) is 11.8 Å². The zero-order valence-corrected chi connectivity index (χ0v) is 15.4. The Morgan fingerprint density at radius 3 is 2.52 bits per heavy atom. The standard InChI is InChI=1S/C16H19Cl2N3O.ClH/c1-16(2,20-15(22)21-9-7-19-8-10-21)6-5-12-3-4-13(17)14(18)11-12;/h3-4,11,19H,7-10H2,1-2H3,(H,20,22);1H. The summed E-state index contributed by atoms with van der Waals surface area (Å²) < 4.78 is 0. The average molecular weight is 377 g/mol. The van der Waals surface area contributed by atoms with Gasteiger partial charge in [0, 0.05) is 31.7 Å². The zero-order valence-electron chi connectivity index (χ0n) is 13.1. The quantitative estimate of drug-likeness (QED) is 0.740. The van der Waals surface area contributed by atoms with Crippen molar-refractivity contribution in [2.75, 3.05) is 26.2 Å². The van der Waals surface area contributed by atoms with Gasteiger partial charge in [-0.25, -0.2) is 4.79 Å². The molecule has 1 aromatic rings. The molecule has 0 atom stereocenters. The highest BCUT2D eigenvalue weighted by atomic mass is 35.5. The predicted octanol–water partition coefficient (Wildman–Crippen LogP) is 3.16. The van der Waals surface area contributed by atoms with Crippen LogP contribution in [0.2, 0.25) is 10.0 Å². The maximum atomic E-state index is 12.2. The van der Waals surface area contributed by atoms with Crippen molar-refractivity contribution in [3.05, 3.63) is 33.8 Å². The summed E-state index contributed by atoms with van der Waals surface area (Å²) in [5.74, 6) is 6.09. The van der Waals surface area contributed by atoms with Gasteiger partial charge in [0.15, 0.2) is 0 Å². The van der Waals surface area contributed by atoms with Crippen LogP contribution in [0.4, 0.5) is 4.79 Å². The van der Waals surface area contributed by atoms with Crippen LogP contribution >= 0.6 is 35.6 Å². The molecule has 1 fully saturated rings. The Kier molecular flexibility index (Phi) is 7.50. The van der Waals surface area contributed by atoms with Gasteiger partial charge in [-0.05, 0) is 32.0 Å². The van der Waals surface area contributed by atoms with Crippen molar-refractivity contribution in [1.29, 1.82) is 0 Å². The summed E-state index contributed by atoms with van der Waals surface area (Å²) in [7, 11) is 0. The Morgan fingerprint density at radius 1 is 1.26 bits per heavy atom. The lowest BCUT2D eigenvalue weighted by Gasteiger charge is -2.30. The van der Waals surface area contributed by atoms with Crippen LogP contribution in [-0.2, 0) is 0 Å². The van der Waals surface area contributed by atoms with Crippen molar-refractivity contribution < 1.29 is 4.79 Å². The van der Waals surface area contributed by atoms with Crippen molar-refractivity contribution in [2.24, 2.45) is 0 Å². The molecule has 0 aromatic heterocycles. The maximum Gasteiger partial charge on any atom is 0.318 e. The van der Waals surface area contributed by atoms with Crippen molar-refractivity contribution in [2.45, 2.75) is 19.4 Å². The van der Waals surface area contributed by atoms with E-state index in [9.17, 15) is 4.79 Å². The number of rotatable bonds is 1. The summed E-state index contributed by atoms with van der Waals surface area (Å²) in [6, 6.07) is 5.13. The van der Waals surface area contributed by atoms with Crippen LogP contribution in [0.1, 0.15) is 19.4 Å². The van der Waals surface area contributed by atoms with Gasteiger partial charge in [-0.3, -0.25) is 0 Å². The number of nitrogens with one attached hydrogen (secondary N) is 2. The monoisotopic (exact) mass is 375 g/mol. The minimum absolute atomic E-state index is 0. The molecule has 7 heteroatoms. The van der Waals surface area contributed by atoms with Crippen LogP contribution in [0.25, 0.3) is 0 Å². The van der Waals surface area contributed by atoms with Crippen LogP contribution < -0.4 is 10.6 Å². The summed E-state index contributed by atoms with van der Waals surface area (Å²) >= 11 is 11.8. The number of urea groups is 1. The second kappa shape index (κ2) is 8.65. The van der Waals surface area contributed by atoms with E-state index in [1.165, 1.54) is 0 Å². The number of nitrogens with zero attached hydrogens (tertiary/aromatic N) is 1. The van der Waals surface area contributed by atoms with E-state index in [0.29, 0.717) is 23.1 Å². The second-order valence-electron chi connectivity index (χ2n) is 5.67. The highest BCUT2D eigenvalue weighted by Crippen LogP contribution is 2.22. The Morgan fingerprint density at radius 2 is 1.91 bits per heavy atom. The van der Waals surface area contributed by atoms with Gasteiger partial charge in [0.05, 0.1) is 15.6 Å². The third-order valence-electron chi connectivity index (χ3n) is 3.26. The smallest absolute Gasteiger partial charge is 0.318 e. The Labute approximate surface area is 153 Å². The molecule has 0 radical (unpaired) electrons. The van der Waals surface area contributed by atoms with Gasteiger partial charge in [-0.2, -0.15) is 0 Å². The van der Waals surface area contributed by atoms with E-state index in [0.717, 1.165) is 18.7 Å². The minimum Gasteiger partial charge on any atom is -0.322 e. The molecule has 1 heterocycles. The SMILES string of the molecule is CC(C)(C#Cc1ccc(Cl)c(Cl)c1)NC(=O)N1CCNCC1.Cl. The Hall–Kier alpha value is -1.12. The highest BCUT2D eigenvalue weighted by Gasteiger charge is 2.22. The van der Waals surface area contributed by atoms with Crippen molar-refractivity contribution >= 4 is 41.6 Å². The number of halogens is 3. The summed E-state index contributed by atoms with van der Waals surface area (Å²) in [6.07, 6.45) is 0. The first-order chi connectivity index (χ1) is 10.4. The number of carbonyl (C=O) groups excluding carboxylic acids is 1. The number of benzene rings is 1. The third-order valence-corrected chi connectivity index (χ3v) is 4.00. The molecule has 4 nitrogen and oxygen atoms in total. The van der Waals surface area contributed by atoms with Gasteiger partial charge in [-0.1, -0.05) is 35.0 Å². The molecular formula is C16H20Cl3N3O. The van der Waals surface area contributed by atoms with E-state index in [1.54, 1.807) is 23.1 Å². The molecule has 1 aromatic carbocycles. The molecule has 1 saturated heterocycles. The van der Waals surface area contributed by atoms with E-state index in [1.807, 2.05) is 13.8 Å². The molecule has 23 heavy (non-hydrogen) atoms. The van der Waals surface area contributed by atoms with Crippen LogP contribution in [0.3, 0.4) is 0 Å². The molecule has 126 valence electrons. The number of hydrogen-bond acceptors (Lipinski definition) is 2. The molecule has 2 N–H and O–H groups in total. The molecule has 1 aliphatic rings. The molecule has 1 aliphatic heterocycles. The molecular weight excluding hydrogens is 357 g/mol. The Balaban J connectivity index is 0.00000264. The molecule has 0 bridgehead atoms. The molecule has 0 aliphatic carbocycles. The second-order valence-corrected chi connectivity index (χ2v) is 6.49. The summed E-state index contributed by atoms with van der Waals surface area (Å²) in [4.78, 5) is 14.0. The Bertz CT molecular complexity index is 617. The predicted molar refractivity (Wildman–Crippen MR) is 97.6 cm³/mol. The zero-order chi connectivity index (χ0) is 16.2. The van der Waals surface area contributed by atoms with Crippen LogP contribution in [-0.4, -0.2) is 42.6 Å². The fourth-order valence-electron chi connectivity index (χ4n) is 2.05. The summed E-state index contributed by atoms with van der Waals surface area (Å²) in [5, 5.41) is 7.13. The first-order valence-corrected chi connectivity index (χ1v) is 7.89. The lowest BCUT2D eigenvalue weighted by atomic mass is 10.1. The molecule has 0 saturated carbocycles. The first-order valence-electron chi connectivity index (χ1n) is 7.13. The van der Waals surface area contributed by atoms with Crippen molar-refractivity contribution in [1.82, 2.24) is 15.5 Å². The van der Waals surface area contributed by atoms with Gasteiger partial charge in [-0.15, -0.1) is 12.4 Å². The van der Waals surface area contributed by atoms with Crippen LogP contribution in [0.15, 0.2) is 18.2 Å². The summed E-state index contributed by atoms with van der Waals surface area (Å²) in [6.45, 7) is 6.81. The van der Waals surface area contributed by atoms with E-state index in [2.05, 4.69) is 22.5 Å². The lowest BCUT2D eigenvalue weighted by molar-refractivity contribution is 0.184.